The second-order valence-corrected chi connectivity index (χ2v) is 6.02. The van der Waals surface area contributed by atoms with E-state index in [9.17, 15) is 14.0 Å². The summed E-state index contributed by atoms with van der Waals surface area (Å²) < 4.78 is 14.7. The van der Waals surface area contributed by atoms with Crippen molar-refractivity contribution in [2.75, 3.05) is 13.1 Å². The molecule has 1 aliphatic rings. The van der Waals surface area contributed by atoms with Gasteiger partial charge in [-0.3, -0.25) is 9.59 Å². The molecule has 1 N–H and O–H groups in total. The van der Waals surface area contributed by atoms with Crippen LogP contribution in [0.3, 0.4) is 0 Å². The molecule has 2 aromatic rings. The van der Waals surface area contributed by atoms with Crippen LogP contribution in [0.25, 0.3) is 5.69 Å². The van der Waals surface area contributed by atoms with Crippen molar-refractivity contribution in [1.82, 2.24) is 19.9 Å². The van der Waals surface area contributed by atoms with E-state index in [0.29, 0.717) is 24.3 Å². The van der Waals surface area contributed by atoms with Crippen LogP contribution in [-0.2, 0) is 4.79 Å². The maximum Gasteiger partial charge on any atom is 0.308 e. The van der Waals surface area contributed by atoms with Crippen molar-refractivity contribution in [3.63, 3.8) is 0 Å². The lowest BCUT2D eigenvalue weighted by Crippen LogP contribution is -2.30. The number of carboxylic acids is 1. The molecule has 24 heavy (non-hydrogen) atoms. The van der Waals surface area contributed by atoms with Gasteiger partial charge in [0.1, 0.15) is 5.82 Å². The molecular weight excluding hydrogens is 339 g/mol. The summed E-state index contributed by atoms with van der Waals surface area (Å²) >= 11 is 5.77. The maximum atomic E-state index is 13.3. The predicted octanol–water partition coefficient (Wildman–Crippen LogP) is 1.91. The minimum absolute atomic E-state index is 0.0564. The van der Waals surface area contributed by atoms with Crippen LogP contribution in [-0.4, -0.2) is 50.0 Å². The third-order valence-electron chi connectivity index (χ3n) is 4.07. The molecular formula is C15H14ClFN4O3. The third kappa shape index (κ3) is 2.84. The van der Waals surface area contributed by atoms with Crippen LogP contribution >= 0.6 is 11.6 Å². The van der Waals surface area contributed by atoms with Crippen molar-refractivity contribution in [2.45, 2.75) is 13.3 Å². The second-order valence-electron chi connectivity index (χ2n) is 5.61. The minimum atomic E-state index is -0.911. The molecule has 1 unspecified atom stereocenters. The molecule has 0 spiro atoms. The summed E-state index contributed by atoms with van der Waals surface area (Å²) in [5.74, 6) is -2.38. The number of nitrogens with zero attached hydrogens (tertiary/aromatic N) is 4. The summed E-state index contributed by atoms with van der Waals surface area (Å²) in [5.41, 5.74) is 1.10. The summed E-state index contributed by atoms with van der Waals surface area (Å²) in [7, 11) is 0. The van der Waals surface area contributed by atoms with Gasteiger partial charge in [-0.15, -0.1) is 5.10 Å². The molecule has 0 aliphatic carbocycles. The molecule has 1 amide bonds. The van der Waals surface area contributed by atoms with Crippen molar-refractivity contribution in [3.05, 3.63) is 40.4 Å². The molecule has 1 atom stereocenters. The molecule has 0 saturated carbocycles. The van der Waals surface area contributed by atoms with Gasteiger partial charge >= 0.3 is 5.97 Å². The summed E-state index contributed by atoms with van der Waals surface area (Å²) in [6, 6.07) is 4.08. The Morgan fingerprint density at radius 2 is 2.17 bits per heavy atom. The van der Waals surface area contributed by atoms with E-state index in [-0.39, 0.29) is 23.2 Å². The molecule has 2 heterocycles. The number of halogens is 2. The van der Waals surface area contributed by atoms with E-state index in [2.05, 4.69) is 10.3 Å². The third-order valence-corrected chi connectivity index (χ3v) is 4.36. The number of hydrogen-bond acceptors (Lipinski definition) is 4. The second kappa shape index (κ2) is 6.20. The number of aliphatic carboxylic acids is 1. The highest BCUT2D eigenvalue weighted by Crippen LogP contribution is 2.22. The van der Waals surface area contributed by atoms with Gasteiger partial charge in [-0.25, -0.2) is 9.07 Å². The fraction of sp³-hybridized carbons (Fsp3) is 0.333. The quantitative estimate of drug-likeness (QED) is 0.911. The molecule has 3 rings (SSSR count). The average Bonchev–Trinajstić information content (AvgIpc) is 3.16. The van der Waals surface area contributed by atoms with Gasteiger partial charge in [-0.05, 0) is 31.5 Å². The van der Waals surface area contributed by atoms with E-state index in [1.807, 2.05) is 0 Å². The first-order valence-electron chi connectivity index (χ1n) is 7.28. The van der Waals surface area contributed by atoms with E-state index < -0.39 is 17.7 Å². The molecule has 1 fully saturated rings. The van der Waals surface area contributed by atoms with Gasteiger partial charge < -0.3 is 10.0 Å². The highest BCUT2D eigenvalue weighted by atomic mass is 35.5. The lowest BCUT2D eigenvalue weighted by Gasteiger charge is -2.14. The SMILES string of the molecule is Cc1c(C(=O)N2CCC(C(=O)O)C2)nnn1-c1ccc(F)c(Cl)c1. The van der Waals surface area contributed by atoms with Crippen LogP contribution < -0.4 is 0 Å². The van der Waals surface area contributed by atoms with Crippen LogP contribution in [0.4, 0.5) is 4.39 Å². The van der Waals surface area contributed by atoms with Gasteiger partial charge in [0, 0.05) is 13.1 Å². The number of carboxylic acid groups (broad SMARTS) is 1. The summed E-state index contributed by atoms with van der Waals surface area (Å²) in [6.07, 6.45) is 0.418. The van der Waals surface area contributed by atoms with Crippen LogP contribution in [0, 0.1) is 18.7 Å². The number of likely N-dealkylation sites (tertiary alicyclic amines) is 1. The molecule has 9 heteroatoms. The average molecular weight is 353 g/mol. The Labute approximate surface area is 141 Å². The van der Waals surface area contributed by atoms with Gasteiger partial charge in [0.05, 0.1) is 22.3 Å². The largest absolute Gasteiger partial charge is 0.481 e. The van der Waals surface area contributed by atoms with E-state index in [1.54, 1.807) is 6.92 Å². The first-order chi connectivity index (χ1) is 11.4. The van der Waals surface area contributed by atoms with E-state index in [1.165, 1.54) is 27.8 Å². The van der Waals surface area contributed by atoms with E-state index >= 15 is 0 Å². The van der Waals surface area contributed by atoms with Crippen LogP contribution in [0.15, 0.2) is 18.2 Å². The normalized spacial score (nSPS) is 17.3. The summed E-state index contributed by atoms with van der Waals surface area (Å²) in [4.78, 5) is 25.0. The van der Waals surface area contributed by atoms with Crippen molar-refractivity contribution in [3.8, 4) is 5.69 Å². The lowest BCUT2D eigenvalue weighted by molar-refractivity contribution is -0.141. The number of carbonyl (C=O) groups is 2. The molecule has 1 aliphatic heterocycles. The first-order valence-corrected chi connectivity index (χ1v) is 7.66. The number of carbonyl (C=O) groups excluding carboxylic acids is 1. The highest BCUT2D eigenvalue weighted by Gasteiger charge is 2.33. The van der Waals surface area contributed by atoms with Crippen molar-refractivity contribution in [1.29, 1.82) is 0 Å². The van der Waals surface area contributed by atoms with E-state index in [0.717, 1.165) is 0 Å². The summed E-state index contributed by atoms with van der Waals surface area (Å²) in [6.45, 7) is 2.18. The zero-order valence-corrected chi connectivity index (χ0v) is 13.5. The highest BCUT2D eigenvalue weighted by molar-refractivity contribution is 6.30. The Bertz CT molecular complexity index is 823. The van der Waals surface area contributed by atoms with Gasteiger partial charge in [0.25, 0.3) is 5.91 Å². The fourth-order valence-electron chi connectivity index (χ4n) is 2.68. The van der Waals surface area contributed by atoms with Crippen LogP contribution in [0.1, 0.15) is 22.6 Å². The Hall–Kier alpha value is -2.48. The number of benzene rings is 1. The molecule has 1 aromatic carbocycles. The Morgan fingerprint density at radius 1 is 1.42 bits per heavy atom. The maximum absolute atomic E-state index is 13.3. The minimum Gasteiger partial charge on any atom is -0.481 e. The molecule has 126 valence electrons. The molecule has 0 radical (unpaired) electrons. The first kappa shape index (κ1) is 16.4. The van der Waals surface area contributed by atoms with Crippen molar-refractivity contribution in [2.24, 2.45) is 5.92 Å². The fourth-order valence-corrected chi connectivity index (χ4v) is 2.86. The van der Waals surface area contributed by atoms with Crippen LogP contribution in [0.5, 0.6) is 0 Å². The number of aromatic nitrogens is 3. The van der Waals surface area contributed by atoms with Gasteiger partial charge in [-0.1, -0.05) is 16.8 Å². The standard InChI is InChI=1S/C15H14ClFN4O3/c1-8-13(14(22)20-5-4-9(7-20)15(23)24)18-19-21(8)10-2-3-12(17)11(16)6-10/h2-3,6,9H,4-5,7H2,1H3,(H,23,24). The summed E-state index contributed by atoms with van der Waals surface area (Å²) in [5, 5.41) is 16.8. The number of amides is 1. The Kier molecular flexibility index (Phi) is 4.23. The van der Waals surface area contributed by atoms with Gasteiger partial charge in [0.2, 0.25) is 0 Å². The van der Waals surface area contributed by atoms with E-state index in [4.69, 9.17) is 16.7 Å². The smallest absolute Gasteiger partial charge is 0.308 e. The number of rotatable bonds is 3. The Morgan fingerprint density at radius 3 is 2.79 bits per heavy atom. The zero-order valence-electron chi connectivity index (χ0n) is 12.7. The number of hydrogen-bond donors (Lipinski definition) is 1. The topological polar surface area (TPSA) is 88.3 Å². The lowest BCUT2D eigenvalue weighted by atomic mass is 10.1. The van der Waals surface area contributed by atoms with Crippen molar-refractivity contribution < 1.29 is 19.1 Å². The predicted molar refractivity (Wildman–Crippen MR) is 82.7 cm³/mol. The molecule has 7 nitrogen and oxygen atoms in total. The van der Waals surface area contributed by atoms with Gasteiger partial charge in [-0.2, -0.15) is 0 Å². The Balaban J connectivity index is 1.86. The van der Waals surface area contributed by atoms with Gasteiger partial charge in [0.15, 0.2) is 5.69 Å². The molecule has 1 saturated heterocycles. The van der Waals surface area contributed by atoms with Crippen LogP contribution in [0.2, 0.25) is 5.02 Å². The molecule has 0 bridgehead atoms. The zero-order chi connectivity index (χ0) is 17.4. The monoisotopic (exact) mass is 352 g/mol. The molecule has 1 aromatic heterocycles. The van der Waals surface area contributed by atoms with Crippen molar-refractivity contribution >= 4 is 23.5 Å².